The van der Waals surface area contributed by atoms with E-state index in [1.807, 2.05) is 0 Å². The maximum Gasteiger partial charge on any atom is 0.316 e. The molecule has 0 atom stereocenters. The summed E-state index contributed by atoms with van der Waals surface area (Å²) in [6.45, 7) is 7.91. The molecule has 0 saturated heterocycles. The summed E-state index contributed by atoms with van der Waals surface area (Å²) >= 11 is 0. The van der Waals surface area contributed by atoms with Gasteiger partial charge in [0, 0.05) is 0 Å². The molecule has 0 aliphatic carbocycles. The van der Waals surface area contributed by atoms with Gasteiger partial charge in [-0.2, -0.15) is 8.42 Å². The predicted molar refractivity (Wildman–Crippen MR) is 61.3 cm³/mol. The van der Waals surface area contributed by atoms with Gasteiger partial charge in [0.15, 0.2) is 0 Å². The van der Waals surface area contributed by atoms with Gasteiger partial charge in [-0.25, -0.2) is 5.48 Å². The number of amides is 1. The van der Waals surface area contributed by atoms with E-state index < -0.39 is 20.8 Å². The number of hydroxylamine groups is 1. The van der Waals surface area contributed by atoms with Crippen molar-refractivity contribution < 1.29 is 17.5 Å². The number of carbonyl (C=O) groups is 1. The van der Waals surface area contributed by atoms with E-state index in [2.05, 4.69) is 10.9 Å². The molecule has 0 fully saturated rings. The van der Waals surface area contributed by atoms with Crippen molar-refractivity contribution in [2.24, 2.45) is 0 Å². The van der Waals surface area contributed by atoms with Crippen LogP contribution >= 0.6 is 0 Å². The molecule has 7 heteroatoms. The van der Waals surface area contributed by atoms with Crippen LogP contribution in [0.5, 0.6) is 0 Å². The van der Waals surface area contributed by atoms with Crippen molar-refractivity contribution in [3.05, 3.63) is 12.7 Å². The number of hydrogen-bond acceptors (Lipinski definition) is 4. The highest BCUT2D eigenvalue weighted by molar-refractivity contribution is 7.88. The maximum atomic E-state index is 11.4. The first kappa shape index (κ1) is 17.3. The van der Waals surface area contributed by atoms with E-state index in [0.717, 1.165) is 6.08 Å². The number of carbonyl (C=O) groups excluding carboxylic acids is 1. The Balaban J connectivity index is 0. The summed E-state index contributed by atoms with van der Waals surface area (Å²) in [5, 5.41) is 0. The van der Waals surface area contributed by atoms with Crippen molar-refractivity contribution in [1.82, 2.24) is 5.48 Å². The van der Waals surface area contributed by atoms with Crippen molar-refractivity contribution in [2.75, 3.05) is 0 Å². The highest BCUT2D eigenvalue weighted by Gasteiger charge is 2.34. The van der Waals surface area contributed by atoms with Crippen LogP contribution in [-0.4, -0.2) is 42.1 Å². The standard InChI is InChI=1S/C8H15NO4S.Mg.2H/c1-5-7(10)9-13-14(11,12)8(3,4)6-2;;;/h5H,1,6H2,2-4H3,(H,9,10);;;. The minimum absolute atomic E-state index is 0. The van der Waals surface area contributed by atoms with E-state index in [1.54, 1.807) is 12.4 Å². The van der Waals surface area contributed by atoms with Crippen molar-refractivity contribution >= 4 is 39.1 Å². The first-order valence-corrected chi connectivity index (χ1v) is 5.53. The molecule has 0 bridgehead atoms. The zero-order valence-electron chi connectivity index (χ0n) is 8.53. The lowest BCUT2D eigenvalue weighted by Gasteiger charge is -2.21. The van der Waals surface area contributed by atoms with Gasteiger partial charge in [-0.3, -0.25) is 4.79 Å². The Labute approximate surface area is 106 Å². The summed E-state index contributed by atoms with van der Waals surface area (Å²) in [5.41, 5.74) is 1.77. The smallest absolute Gasteiger partial charge is 0.268 e. The second kappa shape index (κ2) is 6.46. The molecular weight excluding hydrogens is 230 g/mol. The molecule has 15 heavy (non-hydrogen) atoms. The number of rotatable bonds is 5. The van der Waals surface area contributed by atoms with Crippen LogP contribution in [0.2, 0.25) is 0 Å². The molecule has 0 aromatic carbocycles. The molecule has 0 aliphatic heterocycles. The molecule has 0 spiro atoms. The van der Waals surface area contributed by atoms with Crippen LogP contribution in [0.3, 0.4) is 0 Å². The lowest BCUT2D eigenvalue weighted by Crippen LogP contribution is -2.37. The van der Waals surface area contributed by atoms with Gasteiger partial charge in [0.05, 0.1) is 4.75 Å². The highest BCUT2D eigenvalue weighted by Crippen LogP contribution is 2.20. The normalized spacial score (nSPS) is 11.4. The fraction of sp³-hybridized carbons (Fsp3) is 0.625. The number of hydrogen-bond donors (Lipinski definition) is 1. The Morgan fingerprint density at radius 2 is 2.00 bits per heavy atom. The molecule has 1 N–H and O–H groups in total. The second-order valence-electron chi connectivity index (χ2n) is 3.32. The first-order chi connectivity index (χ1) is 6.27. The van der Waals surface area contributed by atoms with Crippen molar-refractivity contribution in [1.29, 1.82) is 0 Å². The molecule has 0 rings (SSSR count). The second-order valence-corrected chi connectivity index (χ2v) is 5.50. The highest BCUT2D eigenvalue weighted by atomic mass is 32.2. The average molecular weight is 248 g/mol. The Morgan fingerprint density at radius 1 is 1.53 bits per heavy atom. The van der Waals surface area contributed by atoms with Gasteiger partial charge in [0.2, 0.25) is 0 Å². The van der Waals surface area contributed by atoms with Gasteiger partial charge < -0.3 is 0 Å². The minimum Gasteiger partial charge on any atom is -0.268 e. The lowest BCUT2D eigenvalue weighted by molar-refractivity contribution is -0.122. The third kappa shape index (κ3) is 4.96. The van der Waals surface area contributed by atoms with Crippen LogP contribution < -0.4 is 5.48 Å². The van der Waals surface area contributed by atoms with Crippen molar-refractivity contribution in [3.8, 4) is 0 Å². The van der Waals surface area contributed by atoms with Gasteiger partial charge in [-0.15, -0.1) is 4.28 Å². The zero-order chi connectivity index (χ0) is 11.4. The van der Waals surface area contributed by atoms with E-state index >= 15 is 0 Å². The van der Waals surface area contributed by atoms with E-state index in [9.17, 15) is 13.2 Å². The minimum atomic E-state index is -3.79. The molecule has 0 aromatic rings. The lowest BCUT2D eigenvalue weighted by atomic mass is 10.1. The number of nitrogens with one attached hydrogen (secondary N) is 1. The van der Waals surface area contributed by atoms with Crippen LogP contribution in [0.4, 0.5) is 0 Å². The summed E-state index contributed by atoms with van der Waals surface area (Å²) in [5.74, 6) is -0.694. The van der Waals surface area contributed by atoms with Crippen LogP contribution in [0.1, 0.15) is 27.2 Å². The topological polar surface area (TPSA) is 72.5 Å². The molecule has 5 nitrogen and oxygen atoms in total. The molecule has 0 saturated carbocycles. The molecule has 86 valence electrons. The van der Waals surface area contributed by atoms with Crippen molar-refractivity contribution in [2.45, 2.75) is 31.9 Å². The third-order valence-electron chi connectivity index (χ3n) is 1.97. The van der Waals surface area contributed by atoms with Gasteiger partial charge >= 0.3 is 23.1 Å². The summed E-state index contributed by atoms with van der Waals surface area (Å²) in [7, 11) is -3.79. The zero-order valence-corrected chi connectivity index (χ0v) is 9.35. The van der Waals surface area contributed by atoms with Crippen molar-refractivity contribution in [3.63, 3.8) is 0 Å². The molecule has 0 heterocycles. The largest absolute Gasteiger partial charge is 0.316 e. The molecule has 1 amide bonds. The Bertz CT molecular complexity index is 324. The van der Waals surface area contributed by atoms with Crippen LogP contribution in [0.25, 0.3) is 0 Å². The summed E-state index contributed by atoms with van der Waals surface area (Å²) in [6, 6.07) is 0. The summed E-state index contributed by atoms with van der Waals surface area (Å²) < 4.78 is 26.2. The molecule has 0 aliphatic rings. The molecular formula is C8H17MgNO4S. The fourth-order valence-electron chi connectivity index (χ4n) is 0.427. The average Bonchev–Trinajstić information content (AvgIpc) is 2.13. The van der Waals surface area contributed by atoms with E-state index in [1.165, 1.54) is 13.8 Å². The van der Waals surface area contributed by atoms with Crippen LogP contribution in [0, 0.1) is 0 Å². The molecule has 0 radical (unpaired) electrons. The third-order valence-corrected chi connectivity index (χ3v) is 3.91. The summed E-state index contributed by atoms with van der Waals surface area (Å²) in [4.78, 5) is 10.7. The van der Waals surface area contributed by atoms with Gasteiger partial charge in [0.1, 0.15) is 0 Å². The molecule has 0 unspecified atom stereocenters. The van der Waals surface area contributed by atoms with Gasteiger partial charge in [-0.1, -0.05) is 13.5 Å². The Kier molecular flexibility index (Phi) is 7.45. The fourth-order valence-corrected chi connectivity index (χ4v) is 1.20. The first-order valence-electron chi connectivity index (χ1n) is 4.12. The Hall–Kier alpha value is -0.114. The SMILES string of the molecule is C=CC(=O)NOS(=O)(=O)C(C)(C)CC.[MgH2]. The van der Waals surface area contributed by atoms with E-state index in [0.29, 0.717) is 6.42 Å². The van der Waals surface area contributed by atoms with Gasteiger partial charge in [-0.05, 0) is 26.3 Å². The Morgan fingerprint density at radius 3 is 2.33 bits per heavy atom. The predicted octanol–water partition coefficient (Wildman–Crippen LogP) is -0.178. The van der Waals surface area contributed by atoms with Crippen LogP contribution in [-0.2, 0) is 19.2 Å². The monoisotopic (exact) mass is 247 g/mol. The molecule has 0 aromatic heterocycles. The van der Waals surface area contributed by atoms with Crippen LogP contribution in [0.15, 0.2) is 12.7 Å². The van der Waals surface area contributed by atoms with E-state index in [4.69, 9.17) is 0 Å². The van der Waals surface area contributed by atoms with Gasteiger partial charge in [0.25, 0.3) is 16.0 Å². The maximum absolute atomic E-state index is 11.4. The quantitative estimate of drug-likeness (QED) is 0.416. The summed E-state index contributed by atoms with van der Waals surface area (Å²) in [6.07, 6.45) is 1.31. The van der Waals surface area contributed by atoms with E-state index in [-0.39, 0.29) is 23.1 Å².